The number of carboxylic acid groups (broad SMARTS) is 1. The predicted molar refractivity (Wildman–Crippen MR) is 66.9 cm³/mol. The van der Waals surface area contributed by atoms with Crippen LogP contribution in [0.2, 0.25) is 0 Å². The third-order valence-corrected chi connectivity index (χ3v) is 3.62. The van der Waals surface area contributed by atoms with E-state index in [9.17, 15) is 9.90 Å². The first-order valence-corrected chi connectivity index (χ1v) is 6.63. The first-order chi connectivity index (χ1) is 7.94. The fourth-order valence-corrected chi connectivity index (χ4v) is 2.47. The van der Waals surface area contributed by atoms with Crippen LogP contribution in [0.25, 0.3) is 0 Å². The summed E-state index contributed by atoms with van der Waals surface area (Å²) in [7, 11) is 0. The van der Waals surface area contributed by atoms with Crippen LogP contribution in [0.4, 0.5) is 0 Å². The van der Waals surface area contributed by atoms with Gasteiger partial charge in [0.1, 0.15) is 6.04 Å². The van der Waals surface area contributed by atoms with E-state index in [1.165, 1.54) is 12.8 Å². The van der Waals surface area contributed by atoms with Crippen LogP contribution in [0.5, 0.6) is 0 Å². The Hall–Kier alpha value is -0.610. The van der Waals surface area contributed by atoms with Crippen LogP contribution < -0.4 is 5.32 Å². The van der Waals surface area contributed by atoms with Crippen LogP contribution in [-0.2, 0) is 4.79 Å². The van der Waals surface area contributed by atoms with E-state index in [-0.39, 0.29) is 5.92 Å². The Morgan fingerprint density at radius 3 is 2.18 bits per heavy atom. The summed E-state index contributed by atoms with van der Waals surface area (Å²) in [5.41, 5.74) is -0.709. The minimum Gasteiger partial charge on any atom is -0.480 e. The second-order valence-corrected chi connectivity index (χ2v) is 5.58. The molecule has 4 nitrogen and oxygen atoms in total. The minimum absolute atomic E-state index is 0.0295. The van der Waals surface area contributed by atoms with Crippen molar-refractivity contribution in [1.29, 1.82) is 0 Å². The zero-order chi connectivity index (χ0) is 12.9. The maximum absolute atomic E-state index is 11.0. The maximum Gasteiger partial charge on any atom is 0.320 e. The summed E-state index contributed by atoms with van der Waals surface area (Å²) in [5.74, 6) is -0.806. The smallest absolute Gasteiger partial charge is 0.320 e. The Labute approximate surface area is 103 Å². The Balaban J connectivity index is 2.48. The minimum atomic E-state index is -0.836. The van der Waals surface area contributed by atoms with Crippen molar-refractivity contribution in [1.82, 2.24) is 5.32 Å². The molecule has 1 rings (SSSR count). The number of carbonyl (C=O) groups is 1. The number of aliphatic carboxylic acids is 1. The van der Waals surface area contributed by atoms with Crippen molar-refractivity contribution in [3.8, 4) is 0 Å². The maximum atomic E-state index is 11.0. The van der Waals surface area contributed by atoms with Crippen LogP contribution in [0.1, 0.15) is 52.4 Å². The molecule has 100 valence electrons. The van der Waals surface area contributed by atoms with Crippen LogP contribution in [0.3, 0.4) is 0 Å². The topological polar surface area (TPSA) is 69.6 Å². The average molecular weight is 243 g/mol. The molecule has 0 heterocycles. The third-order valence-electron chi connectivity index (χ3n) is 3.62. The first kappa shape index (κ1) is 14.5. The average Bonchev–Trinajstić information content (AvgIpc) is 2.42. The van der Waals surface area contributed by atoms with Gasteiger partial charge in [-0.2, -0.15) is 0 Å². The van der Waals surface area contributed by atoms with E-state index in [0.29, 0.717) is 6.54 Å². The molecule has 1 atom stereocenters. The SMILES string of the molecule is CC(C)C(NCC1(O)CCCCCC1)C(=O)O. The highest BCUT2D eigenvalue weighted by Gasteiger charge is 2.30. The second kappa shape index (κ2) is 6.36. The molecule has 1 unspecified atom stereocenters. The van der Waals surface area contributed by atoms with Gasteiger partial charge in [0, 0.05) is 6.54 Å². The number of carboxylic acids is 1. The molecule has 1 saturated carbocycles. The first-order valence-electron chi connectivity index (χ1n) is 6.63. The van der Waals surface area contributed by atoms with E-state index in [4.69, 9.17) is 5.11 Å². The highest BCUT2D eigenvalue weighted by Crippen LogP contribution is 2.26. The summed E-state index contributed by atoms with van der Waals surface area (Å²) in [6.07, 6.45) is 5.99. The van der Waals surface area contributed by atoms with Crippen molar-refractivity contribution in [2.24, 2.45) is 5.92 Å². The lowest BCUT2D eigenvalue weighted by molar-refractivity contribution is -0.141. The molecule has 0 aromatic heterocycles. The van der Waals surface area contributed by atoms with Crippen molar-refractivity contribution < 1.29 is 15.0 Å². The van der Waals surface area contributed by atoms with Crippen LogP contribution >= 0.6 is 0 Å². The van der Waals surface area contributed by atoms with Crippen LogP contribution in [-0.4, -0.2) is 34.4 Å². The van der Waals surface area contributed by atoms with Crippen LogP contribution in [0.15, 0.2) is 0 Å². The van der Waals surface area contributed by atoms with E-state index in [2.05, 4.69) is 5.32 Å². The Morgan fingerprint density at radius 2 is 1.76 bits per heavy atom. The Kier molecular flexibility index (Phi) is 5.40. The molecule has 1 aliphatic carbocycles. The van der Waals surface area contributed by atoms with E-state index in [1.807, 2.05) is 13.8 Å². The van der Waals surface area contributed by atoms with Gasteiger partial charge in [-0.15, -0.1) is 0 Å². The van der Waals surface area contributed by atoms with Crippen LogP contribution in [0, 0.1) is 5.92 Å². The summed E-state index contributed by atoms with van der Waals surface area (Å²) in [5, 5.41) is 22.5. The van der Waals surface area contributed by atoms with Gasteiger partial charge >= 0.3 is 5.97 Å². The molecule has 3 N–H and O–H groups in total. The van der Waals surface area contributed by atoms with Crippen molar-refractivity contribution in [2.45, 2.75) is 64.0 Å². The van der Waals surface area contributed by atoms with Gasteiger partial charge in [0.25, 0.3) is 0 Å². The predicted octanol–water partition coefficient (Wildman–Crippen LogP) is 1.77. The molecular formula is C13H25NO3. The van der Waals surface area contributed by atoms with Gasteiger partial charge in [-0.25, -0.2) is 0 Å². The lowest BCUT2D eigenvalue weighted by Gasteiger charge is -2.29. The number of hydrogen-bond acceptors (Lipinski definition) is 3. The highest BCUT2D eigenvalue weighted by molar-refractivity contribution is 5.73. The van der Waals surface area contributed by atoms with Gasteiger partial charge in [-0.3, -0.25) is 4.79 Å². The molecule has 17 heavy (non-hydrogen) atoms. The van der Waals surface area contributed by atoms with Gasteiger partial charge < -0.3 is 15.5 Å². The van der Waals surface area contributed by atoms with E-state index in [0.717, 1.165) is 25.7 Å². The molecule has 1 aliphatic rings. The Bertz CT molecular complexity index is 245. The quantitative estimate of drug-likeness (QED) is 0.644. The zero-order valence-corrected chi connectivity index (χ0v) is 10.9. The molecule has 0 amide bonds. The van der Waals surface area contributed by atoms with Crippen molar-refractivity contribution >= 4 is 5.97 Å². The normalized spacial score (nSPS) is 22.1. The van der Waals surface area contributed by atoms with E-state index in [1.54, 1.807) is 0 Å². The summed E-state index contributed by atoms with van der Waals surface area (Å²) < 4.78 is 0. The van der Waals surface area contributed by atoms with E-state index < -0.39 is 17.6 Å². The molecule has 4 heteroatoms. The molecule has 0 aromatic rings. The molecule has 1 fully saturated rings. The molecule has 0 aromatic carbocycles. The highest BCUT2D eigenvalue weighted by atomic mass is 16.4. The zero-order valence-electron chi connectivity index (χ0n) is 10.9. The molecular weight excluding hydrogens is 218 g/mol. The van der Waals surface area contributed by atoms with Crippen molar-refractivity contribution in [3.63, 3.8) is 0 Å². The van der Waals surface area contributed by atoms with E-state index >= 15 is 0 Å². The van der Waals surface area contributed by atoms with Gasteiger partial charge in [-0.05, 0) is 18.8 Å². The Morgan fingerprint density at radius 1 is 1.24 bits per heavy atom. The van der Waals surface area contributed by atoms with Gasteiger partial charge in [0.2, 0.25) is 0 Å². The second-order valence-electron chi connectivity index (χ2n) is 5.58. The van der Waals surface area contributed by atoms with Gasteiger partial charge in [-0.1, -0.05) is 39.5 Å². The van der Waals surface area contributed by atoms with Gasteiger partial charge in [0.05, 0.1) is 5.60 Å². The fraction of sp³-hybridized carbons (Fsp3) is 0.923. The molecule has 0 aliphatic heterocycles. The number of rotatable bonds is 5. The summed E-state index contributed by atoms with van der Waals surface area (Å²) in [6.45, 7) is 4.15. The third kappa shape index (κ3) is 4.64. The lowest BCUT2D eigenvalue weighted by Crippen LogP contribution is -2.49. The summed E-state index contributed by atoms with van der Waals surface area (Å²) in [4.78, 5) is 11.0. The molecule has 0 radical (unpaired) electrons. The number of aliphatic hydroxyl groups is 1. The lowest BCUT2D eigenvalue weighted by atomic mass is 9.93. The molecule has 0 saturated heterocycles. The summed E-state index contributed by atoms with van der Waals surface area (Å²) in [6, 6.07) is -0.567. The van der Waals surface area contributed by atoms with Gasteiger partial charge in [0.15, 0.2) is 0 Å². The van der Waals surface area contributed by atoms with Crippen molar-refractivity contribution in [2.75, 3.05) is 6.54 Å². The van der Waals surface area contributed by atoms with Crippen molar-refractivity contribution in [3.05, 3.63) is 0 Å². The summed E-state index contributed by atoms with van der Waals surface area (Å²) >= 11 is 0. The fourth-order valence-electron chi connectivity index (χ4n) is 2.47. The number of hydrogen-bond donors (Lipinski definition) is 3. The number of nitrogens with one attached hydrogen (secondary N) is 1. The monoisotopic (exact) mass is 243 g/mol. The molecule has 0 bridgehead atoms. The molecule has 0 spiro atoms. The standard InChI is InChI=1S/C13H25NO3/c1-10(2)11(12(15)16)14-9-13(17)7-5-3-4-6-8-13/h10-11,14,17H,3-9H2,1-2H3,(H,15,16). The largest absolute Gasteiger partial charge is 0.480 e.